The summed E-state index contributed by atoms with van der Waals surface area (Å²) in [5.74, 6) is -1.01. The van der Waals surface area contributed by atoms with Gasteiger partial charge in [-0.1, -0.05) is 30.3 Å². The van der Waals surface area contributed by atoms with Crippen LogP contribution in [0.1, 0.15) is 37.9 Å². The standard InChI is InChI=1S/C21H31N3O4/c1-16-13-23(18-9-5-6-10-24(21(18)28)15-20(26)27)12-11-22(16)14-19(25)17-7-3-2-4-8-17/h2-4,7-8,16,18-19,25H,5-6,9-15H2,1H3,(H,26,27). The quantitative estimate of drug-likeness (QED) is 0.760. The summed E-state index contributed by atoms with van der Waals surface area (Å²) in [6.45, 7) is 5.30. The Bertz CT molecular complexity index is 669. The molecule has 0 bridgehead atoms. The molecule has 28 heavy (non-hydrogen) atoms. The third-order valence-electron chi connectivity index (χ3n) is 5.91. The first-order chi connectivity index (χ1) is 13.5. The van der Waals surface area contributed by atoms with Crippen LogP contribution in [0.15, 0.2) is 30.3 Å². The average molecular weight is 389 g/mol. The van der Waals surface area contributed by atoms with Crippen LogP contribution < -0.4 is 0 Å². The normalized spacial score (nSPS) is 26.1. The van der Waals surface area contributed by atoms with Crippen LogP contribution in [0.5, 0.6) is 0 Å². The lowest BCUT2D eigenvalue weighted by molar-refractivity contribution is -0.147. The molecular weight excluding hydrogens is 358 g/mol. The molecule has 2 aliphatic rings. The van der Waals surface area contributed by atoms with E-state index in [2.05, 4.69) is 16.7 Å². The molecule has 0 aromatic heterocycles. The van der Waals surface area contributed by atoms with Crippen molar-refractivity contribution in [3.63, 3.8) is 0 Å². The van der Waals surface area contributed by atoms with E-state index >= 15 is 0 Å². The van der Waals surface area contributed by atoms with Crippen LogP contribution >= 0.6 is 0 Å². The maximum Gasteiger partial charge on any atom is 0.323 e. The Morgan fingerprint density at radius 2 is 1.93 bits per heavy atom. The van der Waals surface area contributed by atoms with Gasteiger partial charge in [-0.05, 0) is 31.7 Å². The van der Waals surface area contributed by atoms with Crippen molar-refractivity contribution in [2.24, 2.45) is 0 Å². The highest BCUT2D eigenvalue weighted by Crippen LogP contribution is 2.23. The largest absolute Gasteiger partial charge is 0.480 e. The van der Waals surface area contributed by atoms with Crippen molar-refractivity contribution in [3.8, 4) is 0 Å². The zero-order valence-corrected chi connectivity index (χ0v) is 16.5. The van der Waals surface area contributed by atoms with E-state index in [4.69, 9.17) is 5.11 Å². The van der Waals surface area contributed by atoms with Gasteiger partial charge in [0.1, 0.15) is 6.54 Å². The topological polar surface area (TPSA) is 84.3 Å². The number of amides is 1. The van der Waals surface area contributed by atoms with E-state index in [0.717, 1.165) is 44.5 Å². The van der Waals surface area contributed by atoms with E-state index in [0.29, 0.717) is 13.1 Å². The van der Waals surface area contributed by atoms with Crippen LogP contribution in [-0.2, 0) is 9.59 Å². The van der Waals surface area contributed by atoms with Gasteiger partial charge in [0.25, 0.3) is 0 Å². The number of aliphatic carboxylic acids is 1. The summed E-state index contributed by atoms with van der Waals surface area (Å²) < 4.78 is 0. The Morgan fingerprint density at radius 3 is 2.61 bits per heavy atom. The average Bonchev–Trinajstić information content (AvgIpc) is 2.85. The van der Waals surface area contributed by atoms with Crippen LogP contribution in [0.4, 0.5) is 0 Å². The number of piperazine rings is 1. The molecule has 3 unspecified atom stereocenters. The number of benzene rings is 1. The predicted octanol–water partition coefficient (Wildman–Crippen LogP) is 1.19. The van der Waals surface area contributed by atoms with E-state index in [1.807, 2.05) is 30.3 Å². The molecule has 1 aromatic rings. The minimum Gasteiger partial charge on any atom is -0.480 e. The van der Waals surface area contributed by atoms with Crippen LogP contribution in [0, 0.1) is 0 Å². The molecule has 2 N–H and O–H groups in total. The van der Waals surface area contributed by atoms with Gasteiger partial charge in [-0.3, -0.25) is 19.4 Å². The van der Waals surface area contributed by atoms with Gasteiger partial charge in [-0.2, -0.15) is 0 Å². The number of likely N-dealkylation sites (tertiary alicyclic amines) is 1. The van der Waals surface area contributed by atoms with Gasteiger partial charge in [0, 0.05) is 38.8 Å². The van der Waals surface area contributed by atoms with Gasteiger partial charge in [-0.15, -0.1) is 0 Å². The van der Waals surface area contributed by atoms with Crippen LogP contribution in [0.3, 0.4) is 0 Å². The van der Waals surface area contributed by atoms with Crippen molar-refractivity contribution in [1.29, 1.82) is 0 Å². The van der Waals surface area contributed by atoms with Gasteiger partial charge < -0.3 is 15.1 Å². The summed E-state index contributed by atoms with van der Waals surface area (Å²) in [6.07, 6.45) is 2.05. The number of carboxylic acids is 1. The van der Waals surface area contributed by atoms with Crippen molar-refractivity contribution in [1.82, 2.24) is 14.7 Å². The highest BCUT2D eigenvalue weighted by molar-refractivity contribution is 5.85. The van der Waals surface area contributed by atoms with E-state index in [1.165, 1.54) is 4.90 Å². The first-order valence-corrected chi connectivity index (χ1v) is 10.2. The molecule has 7 heteroatoms. The Kier molecular flexibility index (Phi) is 7.04. The van der Waals surface area contributed by atoms with E-state index in [1.54, 1.807) is 0 Å². The summed E-state index contributed by atoms with van der Waals surface area (Å²) in [6, 6.07) is 9.66. The molecule has 0 saturated carbocycles. The molecule has 7 nitrogen and oxygen atoms in total. The number of rotatable bonds is 6. The molecule has 1 amide bonds. The highest BCUT2D eigenvalue weighted by atomic mass is 16.4. The SMILES string of the molecule is CC1CN(C2CCCCN(CC(=O)O)C2=O)CCN1CC(O)c1ccccc1. The number of β-amino-alcohol motifs (C(OH)–C–C–N with tert-alkyl or cyclic N) is 1. The fourth-order valence-electron chi connectivity index (χ4n) is 4.32. The second kappa shape index (κ2) is 9.49. The number of aliphatic hydroxyl groups is 1. The number of aliphatic hydroxyl groups excluding tert-OH is 1. The monoisotopic (exact) mass is 389 g/mol. The summed E-state index contributed by atoms with van der Waals surface area (Å²) in [4.78, 5) is 30.0. The summed E-state index contributed by atoms with van der Waals surface area (Å²) in [7, 11) is 0. The van der Waals surface area contributed by atoms with Crippen LogP contribution in [0.2, 0.25) is 0 Å². The molecule has 0 radical (unpaired) electrons. The molecule has 0 spiro atoms. The van der Waals surface area contributed by atoms with Gasteiger partial charge in [0.05, 0.1) is 12.1 Å². The summed E-state index contributed by atoms with van der Waals surface area (Å²) >= 11 is 0. The molecule has 2 saturated heterocycles. The van der Waals surface area contributed by atoms with E-state index in [9.17, 15) is 14.7 Å². The number of nitrogens with zero attached hydrogens (tertiary/aromatic N) is 3. The lowest BCUT2D eigenvalue weighted by Gasteiger charge is -2.43. The molecule has 3 rings (SSSR count). The first-order valence-electron chi connectivity index (χ1n) is 10.2. The minimum absolute atomic E-state index is 0.0510. The highest BCUT2D eigenvalue weighted by Gasteiger charge is 2.36. The zero-order valence-electron chi connectivity index (χ0n) is 16.5. The fourth-order valence-corrected chi connectivity index (χ4v) is 4.32. The van der Waals surface area contributed by atoms with Crippen molar-refractivity contribution < 1.29 is 19.8 Å². The summed E-state index contributed by atoms with van der Waals surface area (Å²) in [5.41, 5.74) is 0.917. The van der Waals surface area contributed by atoms with Crippen molar-refractivity contribution >= 4 is 11.9 Å². The van der Waals surface area contributed by atoms with Gasteiger partial charge >= 0.3 is 5.97 Å². The molecule has 154 valence electrons. The Morgan fingerprint density at radius 1 is 1.18 bits per heavy atom. The maximum atomic E-state index is 12.9. The van der Waals surface area contributed by atoms with Crippen molar-refractivity contribution in [2.45, 2.75) is 44.4 Å². The molecule has 3 atom stereocenters. The number of hydrogen-bond acceptors (Lipinski definition) is 5. The van der Waals surface area contributed by atoms with Gasteiger partial charge in [0.2, 0.25) is 5.91 Å². The Balaban J connectivity index is 1.59. The van der Waals surface area contributed by atoms with Gasteiger partial charge in [0.15, 0.2) is 0 Å². The second-order valence-electron chi connectivity index (χ2n) is 7.93. The molecular formula is C21H31N3O4. The van der Waals surface area contributed by atoms with Crippen molar-refractivity contribution in [2.75, 3.05) is 39.3 Å². The zero-order chi connectivity index (χ0) is 20.1. The van der Waals surface area contributed by atoms with E-state index in [-0.39, 0.29) is 24.5 Å². The van der Waals surface area contributed by atoms with Gasteiger partial charge in [-0.25, -0.2) is 0 Å². The predicted molar refractivity (Wildman–Crippen MR) is 106 cm³/mol. The van der Waals surface area contributed by atoms with Crippen molar-refractivity contribution in [3.05, 3.63) is 35.9 Å². The number of carbonyl (C=O) groups excluding carboxylic acids is 1. The molecule has 0 aliphatic carbocycles. The lowest BCUT2D eigenvalue weighted by atomic mass is 10.0. The third kappa shape index (κ3) is 5.10. The molecule has 2 heterocycles. The number of carbonyl (C=O) groups is 2. The van der Waals surface area contributed by atoms with E-state index < -0.39 is 12.1 Å². The first kappa shape index (κ1) is 20.8. The smallest absolute Gasteiger partial charge is 0.323 e. The molecule has 2 aliphatic heterocycles. The Hall–Kier alpha value is -1.96. The lowest BCUT2D eigenvalue weighted by Crippen LogP contribution is -2.58. The Labute approximate surface area is 166 Å². The van der Waals surface area contributed by atoms with Crippen LogP contribution in [0.25, 0.3) is 0 Å². The fraction of sp³-hybridized carbons (Fsp3) is 0.619. The molecule has 2 fully saturated rings. The molecule has 1 aromatic carbocycles. The number of hydrogen-bond donors (Lipinski definition) is 2. The third-order valence-corrected chi connectivity index (χ3v) is 5.91. The minimum atomic E-state index is -0.956. The summed E-state index contributed by atoms with van der Waals surface area (Å²) in [5, 5.41) is 19.6. The van der Waals surface area contributed by atoms with Crippen LogP contribution in [-0.4, -0.2) is 88.1 Å². The second-order valence-corrected chi connectivity index (χ2v) is 7.93. The number of carboxylic acid groups (broad SMARTS) is 1. The maximum absolute atomic E-state index is 12.9.